The van der Waals surface area contributed by atoms with Gasteiger partial charge in [0.25, 0.3) is 5.91 Å². The minimum atomic E-state index is -1.37. The fourth-order valence-electron chi connectivity index (χ4n) is 0.814. The van der Waals surface area contributed by atoms with Crippen LogP contribution >= 0.6 is 0 Å². The van der Waals surface area contributed by atoms with Crippen molar-refractivity contribution in [2.75, 3.05) is 5.12 Å². The van der Waals surface area contributed by atoms with Crippen LogP contribution < -0.4 is 5.12 Å². The zero-order valence-corrected chi connectivity index (χ0v) is 6.72. The minimum absolute atomic E-state index is 0.446. The smallest absolute Gasteiger partial charge is 0.252 e. The number of anilines is 1. The highest BCUT2D eigenvalue weighted by Crippen LogP contribution is 2.21. The van der Waals surface area contributed by atoms with Gasteiger partial charge in [-0.3, -0.25) is 4.79 Å². The zero-order chi connectivity index (χ0) is 10.0. The molecule has 0 radical (unpaired) electrons. The van der Waals surface area contributed by atoms with E-state index in [0.29, 0.717) is 0 Å². The standard InChI is InChI=1S/C8H6F3NO/c1-5(13)12(11)7-4-2-3-6(9)8(7)10/h2-4H,1H3. The van der Waals surface area contributed by atoms with Gasteiger partial charge in [-0.1, -0.05) is 10.5 Å². The van der Waals surface area contributed by atoms with Crippen LogP contribution in [0.4, 0.5) is 18.9 Å². The third kappa shape index (κ3) is 1.80. The fourth-order valence-corrected chi connectivity index (χ4v) is 0.814. The molecule has 1 amide bonds. The molecule has 0 unspecified atom stereocenters. The predicted octanol–water partition coefficient (Wildman–Crippen LogP) is 2.20. The molecule has 2 nitrogen and oxygen atoms in total. The molecule has 5 heteroatoms. The van der Waals surface area contributed by atoms with Gasteiger partial charge >= 0.3 is 0 Å². The topological polar surface area (TPSA) is 20.3 Å². The molecule has 0 spiro atoms. The first-order chi connectivity index (χ1) is 6.04. The zero-order valence-electron chi connectivity index (χ0n) is 6.72. The van der Waals surface area contributed by atoms with E-state index in [1.165, 1.54) is 0 Å². The van der Waals surface area contributed by atoms with E-state index in [4.69, 9.17) is 0 Å². The molecule has 0 aromatic heterocycles. The van der Waals surface area contributed by atoms with E-state index in [1.54, 1.807) is 0 Å². The molecule has 0 heterocycles. The van der Waals surface area contributed by atoms with Crippen molar-refractivity contribution in [2.24, 2.45) is 0 Å². The van der Waals surface area contributed by atoms with Gasteiger partial charge in [0.2, 0.25) is 0 Å². The maximum Gasteiger partial charge on any atom is 0.252 e. The van der Waals surface area contributed by atoms with Gasteiger partial charge in [0.15, 0.2) is 11.6 Å². The monoisotopic (exact) mass is 189 g/mol. The van der Waals surface area contributed by atoms with Crippen LogP contribution in [0.3, 0.4) is 0 Å². The molecule has 0 aliphatic heterocycles. The largest absolute Gasteiger partial charge is 0.272 e. The second-order valence-electron chi connectivity index (χ2n) is 2.37. The van der Waals surface area contributed by atoms with Crippen molar-refractivity contribution >= 4 is 11.6 Å². The fraction of sp³-hybridized carbons (Fsp3) is 0.125. The van der Waals surface area contributed by atoms with Gasteiger partial charge in [-0.05, 0) is 12.1 Å². The molecular weight excluding hydrogens is 183 g/mol. The number of nitrogens with zero attached hydrogens (tertiary/aromatic N) is 1. The highest BCUT2D eigenvalue weighted by atomic mass is 19.2. The van der Waals surface area contributed by atoms with Crippen molar-refractivity contribution in [3.63, 3.8) is 0 Å². The normalized spacial score (nSPS) is 9.85. The third-order valence-corrected chi connectivity index (χ3v) is 1.42. The van der Waals surface area contributed by atoms with Crippen molar-refractivity contribution in [2.45, 2.75) is 6.92 Å². The maximum absolute atomic E-state index is 12.8. The van der Waals surface area contributed by atoms with Gasteiger partial charge in [-0.25, -0.2) is 8.78 Å². The summed E-state index contributed by atoms with van der Waals surface area (Å²) in [6.45, 7) is 0.907. The Bertz CT molecular complexity index is 340. The molecule has 0 N–H and O–H groups in total. The van der Waals surface area contributed by atoms with Crippen molar-refractivity contribution < 1.29 is 18.1 Å². The van der Waals surface area contributed by atoms with Gasteiger partial charge in [0, 0.05) is 6.92 Å². The molecule has 13 heavy (non-hydrogen) atoms. The summed E-state index contributed by atoms with van der Waals surface area (Å²) in [7, 11) is 0. The number of hydrogen-bond donors (Lipinski definition) is 0. The van der Waals surface area contributed by atoms with Crippen molar-refractivity contribution in [3.05, 3.63) is 29.8 Å². The van der Waals surface area contributed by atoms with Crippen molar-refractivity contribution in [3.8, 4) is 0 Å². The number of benzene rings is 1. The third-order valence-electron chi connectivity index (χ3n) is 1.42. The van der Waals surface area contributed by atoms with Crippen LogP contribution in [0.2, 0.25) is 0 Å². The van der Waals surface area contributed by atoms with Crippen LogP contribution in [0.15, 0.2) is 18.2 Å². The summed E-state index contributed by atoms with van der Waals surface area (Å²) in [5.74, 6) is -3.58. The summed E-state index contributed by atoms with van der Waals surface area (Å²) in [5, 5.41) is -0.446. The Hall–Kier alpha value is -1.52. The Labute approximate surface area is 72.5 Å². The molecule has 0 bridgehead atoms. The molecule has 0 fully saturated rings. The highest BCUT2D eigenvalue weighted by Gasteiger charge is 2.17. The first-order valence-corrected chi connectivity index (χ1v) is 3.44. The minimum Gasteiger partial charge on any atom is -0.272 e. The van der Waals surface area contributed by atoms with Gasteiger partial charge in [0.05, 0.1) is 0 Å². The summed E-state index contributed by atoms with van der Waals surface area (Å²) < 4.78 is 38.1. The molecular formula is C8H6F3NO. The molecule has 0 saturated carbocycles. The van der Waals surface area contributed by atoms with Gasteiger partial charge < -0.3 is 0 Å². The lowest BCUT2D eigenvalue weighted by molar-refractivity contribution is -0.119. The second kappa shape index (κ2) is 3.47. The average Bonchev–Trinajstić information content (AvgIpc) is 2.08. The van der Waals surface area contributed by atoms with Crippen molar-refractivity contribution in [1.29, 1.82) is 0 Å². The number of carbonyl (C=O) groups excluding carboxylic acids is 1. The lowest BCUT2D eigenvalue weighted by Gasteiger charge is -2.09. The van der Waals surface area contributed by atoms with E-state index in [2.05, 4.69) is 0 Å². The Morgan fingerprint density at radius 1 is 1.38 bits per heavy atom. The number of rotatable bonds is 1. The molecule has 70 valence electrons. The number of hydrogen-bond acceptors (Lipinski definition) is 1. The molecule has 0 atom stereocenters. The van der Waals surface area contributed by atoms with Crippen LogP contribution in [0.1, 0.15) is 6.92 Å². The maximum atomic E-state index is 12.8. The summed E-state index contributed by atoms with van der Waals surface area (Å²) in [5.41, 5.74) is -0.715. The Kier molecular flexibility index (Phi) is 2.55. The van der Waals surface area contributed by atoms with Gasteiger partial charge in [-0.2, -0.15) is 0 Å². The Morgan fingerprint density at radius 3 is 2.54 bits per heavy atom. The molecule has 1 aromatic carbocycles. The van der Waals surface area contributed by atoms with Crippen LogP contribution in [-0.2, 0) is 4.79 Å². The molecule has 0 aliphatic rings. The summed E-state index contributed by atoms with van der Waals surface area (Å²) in [4.78, 5) is 10.5. The second-order valence-corrected chi connectivity index (χ2v) is 2.37. The summed E-state index contributed by atoms with van der Waals surface area (Å²) in [6.07, 6.45) is 0. The lowest BCUT2D eigenvalue weighted by Crippen LogP contribution is -2.19. The summed E-state index contributed by atoms with van der Waals surface area (Å²) >= 11 is 0. The van der Waals surface area contributed by atoms with E-state index in [-0.39, 0.29) is 0 Å². The average molecular weight is 189 g/mol. The quantitative estimate of drug-likeness (QED) is 0.620. The van der Waals surface area contributed by atoms with E-state index in [0.717, 1.165) is 25.1 Å². The molecule has 1 rings (SSSR count). The van der Waals surface area contributed by atoms with E-state index < -0.39 is 28.4 Å². The number of carbonyl (C=O) groups is 1. The van der Waals surface area contributed by atoms with E-state index in [9.17, 15) is 18.1 Å². The molecule has 0 aliphatic carbocycles. The SMILES string of the molecule is CC(=O)N(F)c1cccc(F)c1F. The van der Waals surface area contributed by atoms with Gasteiger partial charge in [-0.15, -0.1) is 5.12 Å². The van der Waals surface area contributed by atoms with Crippen LogP contribution in [-0.4, -0.2) is 5.91 Å². The Balaban J connectivity index is 3.15. The number of halogens is 3. The predicted molar refractivity (Wildman–Crippen MR) is 40.6 cm³/mol. The van der Waals surface area contributed by atoms with E-state index >= 15 is 0 Å². The first-order valence-electron chi connectivity index (χ1n) is 3.44. The van der Waals surface area contributed by atoms with E-state index in [1.807, 2.05) is 0 Å². The highest BCUT2D eigenvalue weighted by molar-refractivity contribution is 5.89. The first kappa shape index (κ1) is 9.57. The lowest BCUT2D eigenvalue weighted by atomic mass is 10.3. The molecule has 0 saturated heterocycles. The van der Waals surface area contributed by atoms with Crippen LogP contribution in [0.25, 0.3) is 0 Å². The van der Waals surface area contributed by atoms with Gasteiger partial charge in [0.1, 0.15) is 5.69 Å². The Morgan fingerprint density at radius 2 is 2.00 bits per heavy atom. The number of amides is 1. The van der Waals surface area contributed by atoms with Crippen LogP contribution in [0.5, 0.6) is 0 Å². The van der Waals surface area contributed by atoms with Crippen molar-refractivity contribution in [1.82, 2.24) is 0 Å². The van der Waals surface area contributed by atoms with Crippen LogP contribution in [0, 0.1) is 11.6 Å². The molecule has 1 aromatic rings. The summed E-state index contributed by atoms with van der Waals surface area (Å²) in [6, 6.07) is 2.93.